The second kappa shape index (κ2) is 5.35. The maximum absolute atomic E-state index is 12.0. The molecule has 1 N–H and O–H groups in total. The summed E-state index contributed by atoms with van der Waals surface area (Å²) in [7, 11) is -3.89. The van der Waals surface area contributed by atoms with Crippen LogP contribution in [0.15, 0.2) is 46.9 Å². The lowest BCUT2D eigenvalue weighted by molar-refractivity contribution is 0.0697. The highest BCUT2D eigenvalue weighted by molar-refractivity contribution is 7.92. The third-order valence-electron chi connectivity index (χ3n) is 2.11. The van der Waals surface area contributed by atoms with Gasteiger partial charge in [-0.1, -0.05) is 11.2 Å². The van der Waals surface area contributed by atoms with Crippen LogP contribution in [-0.2, 0) is 9.84 Å². The molecule has 1 aromatic rings. The van der Waals surface area contributed by atoms with Crippen LogP contribution >= 0.6 is 0 Å². The van der Waals surface area contributed by atoms with Crippen molar-refractivity contribution in [1.29, 1.82) is 0 Å². The van der Waals surface area contributed by atoms with Crippen LogP contribution in [0, 0.1) is 0 Å². The number of carboxylic acid groups (broad SMARTS) is 1. The van der Waals surface area contributed by atoms with E-state index in [4.69, 9.17) is 10.6 Å². The average Bonchev–Trinajstić information content (AvgIpc) is 2.35. The van der Waals surface area contributed by atoms with E-state index in [1.54, 1.807) is 0 Å². The molecule has 0 heterocycles. The Balaban J connectivity index is 3.24. The Morgan fingerprint density at radius 1 is 1.44 bits per heavy atom. The zero-order chi connectivity index (χ0) is 13.8. The molecule has 1 rings (SSSR count). The Morgan fingerprint density at radius 3 is 2.39 bits per heavy atom. The van der Waals surface area contributed by atoms with Gasteiger partial charge < -0.3 is 5.11 Å². The van der Waals surface area contributed by atoms with E-state index in [0.717, 1.165) is 30.3 Å². The number of sulfone groups is 1. The van der Waals surface area contributed by atoms with E-state index in [0.29, 0.717) is 0 Å². The van der Waals surface area contributed by atoms with E-state index in [1.165, 1.54) is 0 Å². The van der Waals surface area contributed by atoms with Crippen molar-refractivity contribution in [3.8, 4) is 0 Å². The number of hydrogen-bond donors (Lipinski definition) is 1. The fourth-order valence-electron chi connectivity index (χ4n) is 1.21. The topological polar surface area (TPSA) is 120 Å². The van der Waals surface area contributed by atoms with Crippen molar-refractivity contribution >= 4 is 15.8 Å². The summed E-state index contributed by atoms with van der Waals surface area (Å²) >= 11 is 0. The minimum absolute atomic E-state index is 0.0344. The SMILES string of the molecule is C=CC(N=[N+]=[N-])S(=O)(=O)c1ccc(C(=O)O)cc1. The van der Waals surface area contributed by atoms with E-state index in [1.807, 2.05) is 0 Å². The molecule has 0 radical (unpaired) electrons. The molecule has 0 bridgehead atoms. The molecule has 0 aliphatic carbocycles. The van der Waals surface area contributed by atoms with Gasteiger partial charge >= 0.3 is 5.97 Å². The van der Waals surface area contributed by atoms with Gasteiger partial charge in [-0.25, -0.2) is 13.2 Å². The molecule has 8 heteroatoms. The van der Waals surface area contributed by atoms with Gasteiger partial charge in [-0.2, -0.15) is 0 Å². The van der Waals surface area contributed by atoms with Gasteiger partial charge in [-0.3, -0.25) is 0 Å². The normalized spacial score (nSPS) is 12.2. The Bertz CT molecular complexity index is 615. The summed E-state index contributed by atoms with van der Waals surface area (Å²) in [5, 5.41) is 10.4. The van der Waals surface area contributed by atoms with Crippen LogP contribution in [0.1, 0.15) is 10.4 Å². The number of hydrogen-bond acceptors (Lipinski definition) is 4. The molecule has 0 amide bonds. The van der Waals surface area contributed by atoms with Crippen LogP contribution in [-0.4, -0.2) is 24.9 Å². The molecule has 18 heavy (non-hydrogen) atoms. The van der Waals surface area contributed by atoms with Crippen molar-refractivity contribution in [2.45, 2.75) is 10.3 Å². The molecule has 0 fully saturated rings. The number of aromatic carboxylic acids is 1. The lowest BCUT2D eigenvalue weighted by atomic mass is 10.2. The fourth-order valence-corrected chi connectivity index (χ4v) is 2.43. The molecule has 0 saturated heterocycles. The largest absolute Gasteiger partial charge is 0.478 e. The second-order valence-electron chi connectivity index (χ2n) is 3.21. The smallest absolute Gasteiger partial charge is 0.335 e. The van der Waals surface area contributed by atoms with Crippen molar-refractivity contribution in [2.75, 3.05) is 0 Å². The van der Waals surface area contributed by atoms with Gasteiger partial charge in [0.15, 0.2) is 15.2 Å². The monoisotopic (exact) mass is 267 g/mol. The maximum atomic E-state index is 12.0. The molecule has 7 nitrogen and oxygen atoms in total. The summed E-state index contributed by atoms with van der Waals surface area (Å²) in [6.07, 6.45) is 1.00. The van der Waals surface area contributed by atoms with Gasteiger partial charge in [-0.15, -0.1) is 6.58 Å². The quantitative estimate of drug-likeness (QED) is 0.379. The number of carboxylic acids is 1. The average molecular weight is 267 g/mol. The van der Waals surface area contributed by atoms with Gasteiger partial charge in [-0.05, 0) is 29.8 Å². The van der Waals surface area contributed by atoms with Crippen molar-refractivity contribution in [3.63, 3.8) is 0 Å². The molecule has 0 aliphatic rings. The Labute approximate surface area is 103 Å². The predicted molar refractivity (Wildman–Crippen MR) is 63.7 cm³/mol. The number of nitrogens with zero attached hydrogens (tertiary/aromatic N) is 3. The minimum Gasteiger partial charge on any atom is -0.478 e. The number of azide groups is 1. The maximum Gasteiger partial charge on any atom is 0.335 e. The lowest BCUT2D eigenvalue weighted by Gasteiger charge is -2.08. The highest BCUT2D eigenvalue weighted by atomic mass is 32.2. The van der Waals surface area contributed by atoms with Gasteiger partial charge in [0, 0.05) is 4.91 Å². The van der Waals surface area contributed by atoms with Crippen LogP contribution in [0.3, 0.4) is 0 Å². The van der Waals surface area contributed by atoms with Gasteiger partial charge in [0.2, 0.25) is 0 Å². The first-order chi connectivity index (χ1) is 8.43. The molecule has 0 aromatic heterocycles. The van der Waals surface area contributed by atoms with E-state index >= 15 is 0 Å². The first kappa shape index (κ1) is 13.8. The Hall–Kier alpha value is -2.31. The minimum atomic E-state index is -3.89. The molecule has 1 aromatic carbocycles. The first-order valence-corrected chi connectivity index (χ1v) is 6.22. The standard InChI is InChI=1S/C10H9N3O4S/c1-2-9(12-13-11)18(16,17)8-5-3-7(4-6-8)10(14)15/h2-6,9H,1H2,(H,14,15). The lowest BCUT2D eigenvalue weighted by Crippen LogP contribution is -2.16. The third-order valence-corrected chi connectivity index (χ3v) is 3.97. The zero-order valence-corrected chi connectivity index (χ0v) is 9.91. The molecule has 1 atom stereocenters. The van der Waals surface area contributed by atoms with Crippen molar-refractivity contribution in [1.82, 2.24) is 0 Å². The number of carbonyl (C=O) groups is 1. The van der Waals surface area contributed by atoms with Crippen LogP contribution < -0.4 is 0 Å². The molecule has 0 spiro atoms. The highest BCUT2D eigenvalue weighted by Crippen LogP contribution is 2.18. The van der Waals surface area contributed by atoms with Crippen molar-refractivity contribution in [2.24, 2.45) is 5.11 Å². The first-order valence-electron chi connectivity index (χ1n) is 4.67. The molecular formula is C10H9N3O4S. The van der Waals surface area contributed by atoms with Crippen LogP contribution in [0.4, 0.5) is 0 Å². The number of rotatable bonds is 5. The predicted octanol–water partition coefficient (Wildman–Crippen LogP) is 1.98. The molecule has 0 aliphatic heterocycles. The number of benzene rings is 1. The Kier molecular flexibility index (Phi) is 4.09. The summed E-state index contributed by atoms with van der Waals surface area (Å²) in [6.45, 7) is 3.28. The van der Waals surface area contributed by atoms with Gasteiger partial charge in [0.1, 0.15) is 0 Å². The molecule has 1 unspecified atom stereocenters. The van der Waals surface area contributed by atoms with Crippen LogP contribution in [0.25, 0.3) is 10.4 Å². The van der Waals surface area contributed by atoms with Crippen LogP contribution in [0.5, 0.6) is 0 Å². The summed E-state index contributed by atoms with van der Waals surface area (Å²) in [6, 6.07) is 4.60. The zero-order valence-electron chi connectivity index (χ0n) is 9.09. The second-order valence-corrected chi connectivity index (χ2v) is 5.25. The molecule has 0 saturated carbocycles. The van der Waals surface area contributed by atoms with Crippen LogP contribution in [0.2, 0.25) is 0 Å². The van der Waals surface area contributed by atoms with E-state index < -0.39 is 21.2 Å². The summed E-state index contributed by atoms with van der Waals surface area (Å²) in [5.41, 5.74) is 8.23. The third kappa shape index (κ3) is 2.68. The van der Waals surface area contributed by atoms with E-state index in [-0.39, 0.29) is 10.5 Å². The fraction of sp³-hybridized carbons (Fsp3) is 0.100. The molecule has 94 valence electrons. The van der Waals surface area contributed by atoms with Crippen molar-refractivity contribution in [3.05, 3.63) is 52.9 Å². The van der Waals surface area contributed by atoms with E-state index in [9.17, 15) is 13.2 Å². The Morgan fingerprint density at radius 2 is 2.00 bits per heavy atom. The van der Waals surface area contributed by atoms with Gasteiger partial charge in [0.25, 0.3) is 0 Å². The van der Waals surface area contributed by atoms with Gasteiger partial charge in [0.05, 0.1) is 10.5 Å². The van der Waals surface area contributed by atoms with Crippen molar-refractivity contribution < 1.29 is 18.3 Å². The van der Waals surface area contributed by atoms with E-state index in [2.05, 4.69) is 16.6 Å². The summed E-state index contributed by atoms with van der Waals surface area (Å²) in [5.74, 6) is -1.16. The summed E-state index contributed by atoms with van der Waals surface area (Å²) < 4.78 is 23.9. The molecular weight excluding hydrogens is 258 g/mol. The highest BCUT2D eigenvalue weighted by Gasteiger charge is 2.23. The summed E-state index contributed by atoms with van der Waals surface area (Å²) in [4.78, 5) is 12.9.